The first-order valence-corrected chi connectivity index (χ1v) is 43.4. The normalized spacial score (nSPS) is 24.3. The fourth-order valence-corrected chi connectivity index (χ4v) is 18.4. The van der Waals surface area contributed by atoms with Crippen LogP contribution in [0.15, 0.2) is 47.4 Å². The van der Waals surface area contributed by atoms with Gasteiger partial charge in [0.2, 0.25) is 29.7 Å². The smallest absolute Gasteiger partial charge is 0.311 e. The molecule has 746 valence electrons. The largest absolute Gasteiger partial charge is 0.463 e. The van der Waals surface area contributed by atoms with Gasteiger partial charge in [-0.25, -0.2) is 15.0 Å². The van der Waals surface area contributed by atoms with Gasteiger partial charge in [0.25, 0.3) is 5.56 Å². The van der Waals surface area contributed by atoms with Gasteiger partial charge in [-0.15, -0.1) is 0 Å². The topological polar surface area (TPSA) is 805 Å². The van der Waals surface area contributed by atoms with E-state index in [1.807, 2.05) is 0 Å². The van der Waals surface area contributed by atoms with Crippen molar-refractivity contribution in [3.05, 3.63) is 89.9 Å². The summed E-state index contributed by atoms with van der Waals surface area (Å²) in [6.45, 7) is 10.9. The number of rotatable bonds is 21. The first-order valence-electron chi connectivity index (χ1n) is 39.0. The maximum Gasteiger partial charge on any atom is 0.311 e. The Morgan fingerprint density at radius 3 is 0.928 bits per heavy atom. The average Bonchev–Trinajstić information content (AvgIpc) is 1.64. The van der Waals surface area contributed by atoms with Crippen molar-refractivity contribution in [1.29, 1.82) is 0 Å². The van der Waals surface area contributed by atoms with Crippen LogP contribution in [0.5, 0.6) is 0 Å². The van der Waals surface area contributed by atoms with Gasteiger partial charge < -0.3 is 132 Å². The number of aromatic nitrogens is 15. The molecule has 64 heteroatoms. The molecule has 15 N–H and O–H groups in total. The maximum atomic E-state index is 12.7. The van der Waals surface area contributed by atoms with Gasteiger partial charge in [0.05, 0.1) is 45.9 Å². The SMILES string of the molecule is C.CC(=O)OC[C@H]1O[C@@H](n2c(=O)sc3c(=O)[nH]c(N)nc32)[C@H](OC(C)=O)[C@@H]1OC(C)=O.CC(=O)OC[C@H]1O[C@@H](n2c(=O)sc3c(Cl)nc(N)nc32)[C@H](OC(C)=O)[C@@H]1OC(C)=O.CC(=O)OC[C@H]1O[C@@H](n2c(=O)sc3cnc(N)nc32)[C@H](OC(C)=O)[C@@H]1OC(C)=O.CC(=O)O[C@@H]1[C@H](OC(C)=O)[C@@H](CO)O[C@H]1n1c(=O)sc2cnc(N)nc21.Nc1ncc2sc(=O)n([C@@H]3O[C@H](CO)[C@@H](O)[C@H]3O)c2n1.[CH3-].[Zn]. The Hall–Kier alpha value is -12.6. The van der Waals surface area contributed by atoms with E-state index in [0.29, 0.717) is 25.4 Å². The number of anilines is 5. The van der Waals surface area contributed by atoms with Gasteiger partial charge in [-0.3, -0.25) is 109 Å². The minimum atomic E-state index is -1.35. The number of carbonyl (C=O) groups is 11. The summed E-state index contributed by atoms with van der Waals surface area (Å²) in [6, 6.07) is 0. The summed E-state index contributed by atoms with van der Waals surface area (Å²) < 4.78 is 92.6. The van der Waals surface area contributed by atoms with Crippen LogP contribution in [0.4, 0.5) is 29.7 Å². The van der Waals surface area contributed by atoms with E-state index in [4.69, 9.17) is 121 Å². The number of nitrogens with two attached hydrogens (primary N) is 5. The number of fused-ring (bicyclic) bond motifs is 5. The molecule has 5 saturated heterocycles. The van der Waals surface area contributed by atoms with Crippen molar-refractivity contribution in [2.24, 2.45) is 0 Å². The molecule has 5 aliphatic heterocycles. The van der Waals surface area contributed by atoms with Gasteiger partial charge in [0.1, 0.15) is 71.9 Å². The van der Waals surface area contributed by atoms with E-state index in [2.05, 4.69) is 49.8 Å². The molecular formula is C74H88ClN20O37S5Zn-. The Kier molecular flexibility index (Phi) is 37.8. The number of hydrogen-bond donors (Lipinski definition) is 10. The summed E-state index contributed by atoms with van der Waals surface area (Å²) in [6.07, 6.45) is -19.0. The minimum Gasteiger partial charge on any atom is -0.463 e. The summed E-state index contributed by atoms with van der Waals surface area (Å²) in [4.78, 5) is 236. The Morgan fingerprint density at radius 2 is 0.623 bits per heavy atom. The molecule has 0 bridgehead atoms. The van der Waals surface area contributed by atoms with E-state index in [1.165, 1.54) is 60.1 Å². The molecule has 0 aliphatic carbocycles. The van der Waals surface area contributed by atoms with E-state index in [0.717, 1.165) is 103 Å². The number of ether oxygens (including phenoxy) is 16. The van der Waals surface area contributed by atoms with Gasteiger partial charge in [-0.1, -0.05) is 75.7 Å². The van der Waals surface area contributed by atoms with Crippen LogP contribution in [0.3, 0.4) is 0 Å². The molecule has 10 aromatic heterocycles. The van der Waals surface area contributed by atoms with E-state index < -0.39 is 231 Å². The van der Waals surface area contributed by atoms with E-state index >= 15 is 0 Å². The first-order chi connectivity index (χ1) is 63.7. The van der Waals surface area contributed by atoms with Gasteiger partial charge in [0, 0.05) is 95.6 Å². The molecule has 0 amide bonds. The van der Waals surface area contributed by atoms with Gasteiger partial charge >= 0.3 is 90.0 Å². The van der Waals surface area contributed by atoms with Crippen LogP contribution < -0.4 is 58.6 Å². The number of carbonyl (C=O) groups excluding carboxylic acids is 11. The molecule has 138 heavy (non-hydrogen) atoms. The van der Waals surface area contributed by atoms with Crippen LogP contribution in [0.25, 0.3) is 51.7 Å². The predicted molar refractivity (Wildman–Crippen MR) is 471 cm³/mol. The molecule has 5 aliphatic rings. The number of hydrogen-bond acceptors (Lipinski definition) is 56. The molecular weight excluding hydrogens is 2020 g/mol. The van der Waals surface area contributed by atoms with Crippen LogP contribution in [0, 0.1) is 7.43 Å². The molecule has 5 fully saturated rings. The summed E-state index contributed by atoms with van der Waals surface area (Å²) in [5.74, 6) is -7.89. The summed E-state index contributed by atoms with van der Waals surface area (Å²) >= 11 is 9.96. The number of nitrogens with zero attached hydrogens (tertiary/aromatic N) is 14. The molecule has 0 aromatic carbocycles. The van der Waals surface area contributed by atoms with Gasteiger partial charge in [-0.2, -0.15) is 29.9 Å². The standard InChI is InChI=1S/C16H17ClN4O8S.C16H18N4O9S.C16H18N4O8S.C14H16N4O7S.C10H12N4O5S.CH4.CH3.Zn/c1-5(22)26-4-8-9(27-6(2)23)10(28-7(3)24)14(29-8)21-13-11(30-16(21)25)12(17)19-15(18)20-13;1-5(21)26-4-8-9(27-6(2)22)10(28-7(3)23)14(29-8)20-12-11(30-16(20)25)13(24)19-15(17)18-12;1-6(21)25-5-9-11(26-7(2)22)12(27-8(3)23)14(28-9)20-13-10(29-16(20)24)4-18-15(17)19-13;1-5(20)23-9-7(4-19)25-12(10(9)24-6(2)21)18-11-8(26-14(18)22)3-16-13(15)17-11;11-9-12-1-4-7(13-9)14(10(18)20-4)8-6(17)5(16)3(2-15)19-8;;;/h8-10,14H,4H2,1-3H3,(H2,18,19,20);8-10,14H,4H2,1-3H3,(H3,17,18,19,24);4,9,11-12,14H,5H2,1-3H3,(H2,17,18,19);3,7,9-10,12,19H,4H2,1-2H3,(H2,15,16,17);1,3,5-6,8,15-17H,2H2,(H2,11,12,13);1H4;1H3;/q;;;;;;-1;/t2*8-,9-,10-,14-;9-,11-,12-,14-;7-,9-,10-,12-;3-,5-,6-,8-;;;/m11111.../s1. The zero-order chi connectivity index (χ0) is 99.1. The third kappa shape index (κ3) is 25.5. The first kappa shape index (κ1) is 111. The molecule has 0 spiro atoms. The summed E-state index contributed by atoms with van der Waals surface area (Å²) in [5.41, 5.74) is 27.9. The van der Waals surface area contributed by atoms with Crippen molar-refractivity contribution >= 4 is 215 Å². The quantitative estimate of drug-likeness (QED) is 0.0117. The third-order valence-corrected chi connectivity index (χ3v) is 23.9. The number of H-pyrrole nitrogens is 1. The van der Waals surface area contributed by atoms with Crippen LogP contribution in [0.2, 0.25) is 5.15 Å². The fourth-order valence-electron chi connectivity index (χ4n) is 14.0. The summed E-state index contributed by atoms with van der Waals surface area (Å²) in [5, 5.41) is 38.3. The number of aliphatic hydroxyl groups is 4. The van der Waals surface area contributed by atoms with Crippen molar-refractivity contribution in [3.63, 3.8) is 0 Å². The van der Waals surface area contributed by atoms with Crippen molar-refractivity contribution in [3.8, 4) is 0 Å². The average molecular weight is 2110 g/mol. The summed E-state index contributed by atoms with van der Waals surface area (Å²) in [7, 11) is 0. The van der Waals surface area contributed by atoms with Crippen molar-refractivity contribution in [2.75, 3.05) is 61.7 Å². The Labute approximate surface area is 809 Å². The predicted octanol–water partition coefficient (Wildman–Crippen LogP) is -2.46. The van der Waals surface area contributed by atoms with Gasteiger partial charge in [-0.05, 0) is 0 Å². The van der Waals surface area contributed by atoms with E-state index in [-0.39, 0.29) is 127 Å². The number of aliphatic hydroxyl groups excluding tert-OH is 4. The van der Waals surface area contributed by atoms with Crippen LogP contribution >= 0.6 is 68.3 Å². The molecule has 57 nitrogen and oxygen atoms in total. The zero-order valence-corrected chi connectivity index (χ0v) is 81.2. The number of thiazole rings is 5. The minimum absolute atomic E-state index is 0. The molecule has 20 atom stereocenters. The second-order valence-electron chi connectivity index (χ2n) is 28.7. The number of esters is 11. The monoisotopic (exact) mass is 2110 g/mol. The van der Waals surface area contributed by atoms with Crippen LogP contribution in [-0.2, 0) is 148 Å². The molecule has 15 rings (SSSR count). The van der Waals surface area contributed by atoms with Crippen molar-refractivity contribution in [1.82, 2.24) is 72.7 Å². The van der Waals surface area contributed by atoms with E-state index in [1.54, 1.807) is 0 Å². The van der Waals surface area contributed by atoms with Crippen LogP contribution in [0.1, 0.15) is 115 Å². The second kappa shape index (κ2) is 47.2. The number of aromatic amines is 1. The van der Waals surface area contributed by atoms with Crippen molar-refractivity contribution in [2.45, 2.75) is 206 Å². The number of halogens is 1. The van der Waals surface area contributed by atoms with E-state index in [9.17, 15) is 96.8 Å². The molecule has 0 radical (unpaired) electrons. The third-order valence-electron chi connectivity index (χ3n) is 18.9. The molecule has 0 unspecified atom stereocenters. The molecule has 15 heterocycles. The zero-order valence-electron chi connectivity index (χ0n) is 73.3. The molecule has 10 aromatic rings. The van der Waals surface area contributed by atoms with Gasteiger partial charge in [0.15, 0.2) is 113 Å². The van der Waals surface area contributed by atoms with Crippen LogP contribution in [-0.4, -0.2) is 283 Å². The van der Waals surface area contributed by atoms with Crippen molar-refractivity contribution < 1.29 is 168 Å². The Balaban J connectivity index is 0.000000212. The maximum absolute atomic E-state index is 12.7. The second-order valence-corrected chi connectivity index (χ2v) is 34.0. The Morgan fingerprint density at radius 1 is 0.362 bits per heavy atom. The molecule has 0 saturated carbocycles. The number of nitrogens with one attached hydrogen (secondary N) is 1. The fraction of sp³-hybridized carbons (Fsp3) is 0.500. The Bertz CT molecular complexity index is 6620. The number of nitrogen functional groups attached to an aromatic ring is 5.